The molecule has 1 atom stereocenters. The van der Waals surface area contributed by atoms with Crippen LogP contribution in [0.15, 0.2) is 54.6 Å². The fourth-order valence-corrected chi connectivity index (χ4v) is 3.17. The predicted molar refractivity (Wildman–Crippen MR) is 98.5 cm³/mol. The zero-order valence-electron chi connectivity index (χ0n) is 13.6. The van der Waals surface area contributed by atoms with E-state index in [-0.39, 0.29) is 11.7 Å². The molecule has 0 aliphatic heterocycles. The lowest BCUT2D eigenvalue weighted by molar-refractivity contribution is -0.136. The monoisotopic (exact) mass is 343 g/mol. The number of rotatable bonds is 8. The number of nitrogens with one attached hydrogen (secondary N) is 1. The SMILES string of the molecule is Cc1cccc(NC(=O)CSC(CCc2ccccc2)C(=O)O)c1. The van der Waals surface area contributed by atoms with Gasteiger partial charge in [0.25, 0.3) is 0 Å². The van der Waals surface area contributed by atoms with Gasteiger partial charge in [0, 0.05) is 5.69 Å². The Kier molecular flexibility index (Phi) is 6.88. The molecule has 0 fully saturated rings. The van der Waals surface area contributed by atoms with Crippen LogP contribution < -0.4 is 5.32 Å². The number of carboxylic acid groups (broad SMARTS) is 1. The van der Waals surface area contributed by atoms with Crippen molar-refractivity contribution in [1.82, 2.24) is 0 Å². The maximum atomic E-state index is 12.0. The first-order valence-corrected chi connectivity index (χ1v) is 8.84. The zero-order chi connectivity index (χ0) is 17.4. The minimum atomic E-state index is -0.876. The molecule has 2 aromatic rings. The Bertz CT molecular complexity index is 688. The highest BCUT2D eigenvalue weighted by Crippen LogP contribution is 2.19. The lowest BCUT2D eigenvalue weighted by Crippen LogP contribution is -2.22. The van der Waals surface area contributed by atoms with Gasteiger partial charge in [-0.3, -0.25) is 9.59 Å². The summed E-state index contributed by atoms with van der Waals surface area (Å²) in [6, 6.07) is 17.3. The van der Waals surface area contributed by atoms with Gasteiger partial charge in [-0.15, -0.1) is 11.8 Å². The zero-order valence-corrected chi connectivity index (χ0v) is 14.4. The standard InChI is InChI=1S/C19H21NO3S/c1-14-6-5-9-16(12-14)20-18(21)13-24-17(19(22)23)11-10-15-7-3-2-4-8-15/h2-9,12,17H,10-11,13H2,1H3,(H,20,21)(H,22,23). The number of anilines is 1. The Morgan fingerprint density at radius 2 is 1.88 bits per heavy atom. The van der Waals surface area contributed by atoms with Crippen LogP contribution in [0.2, 0.25) is 0 Å². The molecular weight excluding hydrogens is 322 g/mol. The second-order valence-corrected chi connectivity index (χ2v) is 6.77. The van der Waals surface area contributed by atoms with E-state index in [2.05, 4.69) is 5.32 Å². The van der Waals surface area contributed by atoms with Crippen LogP contribution in [0.5, 0.6) is 0 Å². The van der Waals surface area contributed by atoms with Crippen LogP contribution in [0.3, 0.4) is 0 Å². The van der Waals surface area contributed by atoms with E-state index in [0.717, 1.165) is 16.8 Å². The van der Waals surface area contributed by atoms with E-state index in [1.54, 1.807) is 0 Å². The fourth-order valence-electron chi connectivity index (χ4n) is 2.32. The van der Waals surface area contributed by atoms with Gasteiger partial charge in [-0.25, -0.2) is 0 Å². The predicted octanol–water partition coefficient (Wildman–Crippen LogP) is 3.75. The molecule has 0 radical (unpaired) electrons. The van der Waals surface area contributed by atoms with Crippen molar-refractivity contribution in [2.45, 2.75) is 25.0 Å². The summed E-state index contributed by atoms with van der Waals surface area (Å²) in [5.41, 5.74) is 2.90. The smallest absolute Gasteiger partial charge is 0.316 e. The molecule has 0 aliphatic rings. The van der Waals surface area contributed by atoms with Crippen molar-refractivity contribution in [3.63, 3.8) is 0 Å². The lowest BCUT2D eigenvalue weighted by atomic mass is 10.1. The lowest BCUT2D eigenvalue weighted by Gasteiger charge is -2.12. The van der Waals surface area contributed by atoms with Crippen LogP contribution in [0.4, 0.5) is 5.69 Å². The third kappa shape index (κ3) is 6.08. The van der Waals surface area contributed by atoms with Gasteiger partial charge in [-0.2, -0.15) is 0 Å². The summed E-state index contributed by atoms with van der Waals surface area (Å²) in [5, 5.41) is 11.5. The highest BCUT2D eigenvalue weighted by molar-refractivity contribution is 8.01. The molecule has 24 heavy (non-hydrogen) atoms. The molecule has 0 spiro atoms. The maximum absolute atomic E-state index is 12.0. The van der Waals surface area contributed by atoms with Crippen molar-refractivity contribution >= 4 is 29.3 Å². The number of aliphatic carboxylic acids is 1. The Hall–Kier alpha value is -2.27. The van der Waals surface area contributed by atoms with Crippen LogP contribution in [0.1, 0.15) is 17.5 Å². The molecule has 0 bridgehead atoms. The molecule has 2 N–H and O–H groups in total. The molecule has 2 rings (SSSR count). The van der Waals surface area contributed by atoms with Crippen LogP contribution in [-0.4, -0.2) is 28.0 Å². The van der Waals surface area contributed by atoms with Crippen LogP contribution in [0, 0.1) is 6.92 Å². The van der Waals surface area contributed by atoms with E-state index in [1.807, 2.05) is 61.5 Å². The van der Waals surface area contributed by atoms with Gasteiger partial charge in [0.1, 0.15) is 5.25 Å². The molecule has 5 heteroatoms. The summed E-state index contributed by atoms with van der Waals surface area (Å²) < 4.78 is 0. The van der Waals surface area contributed by atoms with Crippen molar-refractivity contribution in [2.24, 2.45) is 0 Å². The van der Waals surface area contributed by atoms with E-state index in [1.165, 1.54) is 11.8 Å². The Balaban J connectivity index is 1.82. The highest BCUT2D eigenvalue weighted by atomic mass is 32.2. The van der Waals surface area contributed by atoms with Gasteiger partial charge in [0.2, 0.25) is 5.91 Å². The molecule has 0 saturated carbocycles. The topological polar surface area (TPSA) is 66.4 Å². The van der Waals surface area contributed by atoms with E-state index < -0.39 is 11.2 Å². The first-order valence-electron chi connectivity index (χ1n) is 7.79. The van der Waals surface area contributed by atoms with Gasteiger partial charge in [0.15, 0.2) is 0 Å². The second kappa shape index (κ2) is 9.13. The summed E-state index contributed by atoms with van der Waals surface area (Å²) in [7, 11) is 0. The minimum Gasteiger partial charge on any atom is -0.480 e. The molecule has 0 heterocycles. The third-order valence-corrected chi connectivity index (χ3v) is 4.80. The Morgan fingerprint density at radius 3 is 2.54 bits per heavy atom. The maximum Gasteiger partial charge on any atom is 0.316 e. The molecule has 126 valence electrons. The minimum absolute atomic E-state index is 0.125. The van der Waals surface area contributed by atoms with Crippen molar-refractivity contribution < 1.29 is 14.7 Å². The number of aryl methyl sites for hydroxylation is 2. The van der Waals surface area contributed by atoms with Gasteiger partial charge in [-0.05, 0) is 43.0 Å². The number of carbonyl (C=O) groups is 2. The summed E-state index contributed by atoms with van der Waals surface area (Å²) in [6.07, 6.45) is 1.19. The van der Waals surface area contributed by atoms with Crippen LogP contribution >= 0.6 is 11.8 Å². The molecule has 0 aliphatic carbocycles. The number of hydrogen-bond donors (Lipinski definition) is 2. The normalized spacial score (nSPS) is 11.7. The van der Waals surface area contributed by atoms with Crippen LogP contribution in [-0.2, 0) is 16.0 Å². The first-order chi connectivity index (χ1) is 11.5. The largest absolute Gasteiger partial charge is 0.480 e. The van der Waals surface area contributed by atoms with Crippen molar-refractivity contribution in [3.05, 3.63) is 65.7 Å². The first kappa shape index (κ1) is 18.1. The second-order valence-electron chi connectivity index (χ2n) is 5.58. The summed E-state index contributed by atoms with van der Waals surface area (Å²) in [6.45, 7) is 1.95. The highest BCUT2D eigenvalue weighted by Gasteiger charge is 2.19. The Labute approximate surface area is 146 Å². The van der Waals surface area contributed by atoms with Gasteiger partial charge >= 0.3 is 5.97 Å². The van der Waals surface area contributed by atoms with Gasteiger partial charge < -0.3 is 10.4 Å². The average Bonchev–Trinajstić information content (AvgIpc) is 2.55. The number of amides is 1. The molecule has 1 amide bonds. The summed E-state index contributed by atoms with van der Waals surface area (Å²) in [4.78, 5) is 23.4. The molecule has 0 aromatic heterocycles. The van der Waals surface area contributed by atoms with Gasteiger partial charge in [-0.1, -0.05) is 42.5 Å². The van der Waals surface area contributed by atoms with E-state index in [4.69, 9.17) is 0 Å². The number of carboxylic acids is 1. The number of hydrogen-bond acceptors (Lipinski definition) is 3. The fraction of sp³-hybridized carbons (Fsp3) is 0.263. The molecule has 2 aromatic carbocycles. The number of benzene rings is 2. The summed E-state index contributed by atoms with van der Waals surface area (Å²) in [5.74, 6) is -0.935. The van der Waals surface area contributed by atoms with Gasteiger partial charge in [0.05, 0.1) is 5.75 Å². The quantitative estimate of drug-likeness (QED) is 0.766. The molecular formula is C19H21NO3S. The molecule has 1 unspecified atom stereocenters. The van der Waals surface area contributed by atoms with E-state index in [9.17, 15) is 14.7 Å². The van der Waals surface area contributed by atoms with Crippen molar-refractivity contribution in [3.8, 4) is 0 Å². The number of carbonyl (C=O) groups excluding carboxylic acids is 1. The van der Waals surface area contributed by atoms with E-state index >= 15 is 0 Å². The van der Waals surface area contributed by atoms with Crippen LogP contribution in [0.25, 0.3) is 0 Å². The average molecular weight is 343 g/mol. The van der Waals surface area contributed by atoms with Crippen molar-refractivity contribution in [1.29, 1.82) is 0 Å². The summed E-state index contributed by atoms with van der Waals surface area (Å²) >= 11 is 1.17. The number of thioether (sulfide) groups is 1. The molecule has 4 nitrogen and oxygen atoms in total. The third-order valence-electron chi connectivity index (χ3n) is 3.53. The molecule has 0 saturated heterocycles. The van der Waals surface area contributed by atoms with Crippen molar-refractivity contribution in [2.75, 3.05) is 11.1 Å². The Morgan fingerprint density at radius 1 is 1.12 bits per heavy atom. The van der Waals surface area contributed by atoms with E-state index in [0.29, 0.717) is 12.8 Å².